The first-order valence-electron chi connectivity index (χ1n) is 6.41. The van der Waals surface area contributed by atoms with E-state index in [2.05, 4.69) is 0 Å². The molecule has 2 unspecified atom stereocenters. The van der Waals surface area contributed by atoms with Crippen LogP contribution in [0.15, 0.2) is 0 Å². The van der Waals surface area contributed by atoms with Crippen molar-refractivity contribution in [1.29, 1.82) is 0 Å². The molecule has 1 aliphatic rings. The predicted molar refractivity (Wildman–Crippen MR) is 67.9 cm³/mol. The van der Waals surface area contributed by atoms with E-state index in [1.165, 1.54) is 4.90 Å². The molecule has 0 aromatic carbocycles. The van der Waals surface area contributed by atoms with E-state index in [0.717, 1.165) is 0 Å². The van der Waals surface area contributed by atoms with Crippen molar-refractivity contribution in [3.63, 3.8) is 0 Å². The lowest BCUT2D eigenvalue weighted by atomic mass is 10.2. The Kier molecular flexibility index (Phi) is 6.04. The van der Waals surface area contributed by atoms with Crippen molar-refractivity contribution in [3.05, 3.63) is 0 Å². The smallest absolute Gasteiger partial charge is 0.320 e. The third-order valence-corrected chi connectivity index (χ3v) is 3.17. The van der Waals surface area contributed by atoms with Gasteiger partial charge in [-0.15, -0.1) is 0 Å². The first-order chi connectivity index (χ1) is 8.95. The molecule has 2 amide bonds. The molecule has 19 heavy (non-hydrogen) atoms. The number of amides is 2. The van der Waals surface area contributed by atoms with Gasteiger partial charge in [0.25, 0.3) is 0 Å². The van der Waals surface area contributed by atoms with Crippen molar-refractivity contribution in [2.24, 2.45) is 0 Å². The molecule has 0 saturated carbocycles. The van der Waals surface area contributed by atoms with E-state index in [1.807, 2.05) is 6.92 Å². The third kappa shape index (κ3) is 4.68. The summed E-state index contributed by atoms with van der Waals surface area (Å²) in [6.45, 7) is 2.94. The van der Waals surface area contributed by atoms with Crippen molar-refractivity contribution in [2.75, 3.05) is 33.4 Å². The van der Waals surface area contributed by atoms with Crippen molar-refractivity contribution >= 4 is 12.0 Å². The van der Waals surface area contributed by atoms with Gasteiger partial charge in [-0.05, 0) is 13.3 Å². The van der Waals surface area contributed by atoms with E-state index in [0.29, 0.717) is 26.1 Å². The average Bonchev–Trinajstić information content (AvgIpc) is 2.38. The minimum atomic E-state index is -0.860. The van der Waals surface area contributed by atoms with Gasteiger partial charge in [-0.3, -0.25) is 4.79 Å². The number of morpholine rings is 1. The summed E-state index contributed by atoms with van der Waals surface area (Å²) >= 11 is 0. The number of aliphatic hydroxyl groups excluding tert-OH is 1. The Balaban J connectivity index is 2.47. The van der Waals surface area contributed by atoms with Crippen LogP contribution in [0, 0.1) is 0 Å². The van der Waals surface area contributed by atoms with E-state index in [4.69, 9.17) is 14.9 Å². The number of aliphatic carboxylic acids is 1. The molecule has 1 saturated heterocycles. The maximum atomic E-state index is 12.2. The Morgan fingerprint density at radius 2 is 2.16 bits per heavy atom. The van der Waals surface area contributed by atoms with Crippen LogP contribution in [0.3, 0.4) is 0 Å². The first kappa shape index (κ1) is 15.7. The number of nitrogens with zero attached hydrogens (tertiary/aromatic N) is 2. The molecular formula is C12H22N2O5. The lowest BCUT2D eigenvalue weighted by Gasteiger charge is -2.39. The molecule has 0 radical (unpaired) electrons. The number of hydrogen-bond donors (Lipinski definition) is 2. The van der Waals surface area contributed by atoms with Crippen molar-refractivity contribution in [3.8, 4) is 0 Å². The van der Waals surface area contributed by atoms with E-state index in [-0.39, 0.29) is 31.2 Å². The van der Waals surface area contributed by atoms with Gasteiger partial charge in [0, 0.05) is 20.0 Å². The maximum absolute atomic E-state index is 12.2. The summed E-state index contributed by atoms with van der Waals surface area (Å²) < 4.78 is 5.37. The molecule has 1 fully saturated rings. The summed E-state index contributed by atoms with van der Waals surface area (Å²) in [6.07, 6.45) is 0.141. The highest BCUT2D eigenvalue weighted by Crippen LogP contribution is 2.13. The molecule has 7 nitrogen and oxygen atoms in total. The Hall–Kier alpha value is -1.34. The molecule has 2 N–H and O–H groups in total. The second kappa shape index (κ2) is 7.30. The number of rotatable bonds is 5. The zero-order chi connectivity index (χ0) is 14.4. The lowest BCUT2D eigenvalue weighted by molar-refractivity contribution is -0.137. The quantitative estimate of drug-likeness (QED) is 0.735. The topological polar surface area (TPSA) is 90.3 Å². The second-order valence-electron chi connectivity index (χ2n) is 4.84. The number of ether oxygens (including phenoxy) is 1. The van der Waals surface area contributed by atoms with Crippen LogP contribution in [-0.4, -0.2) is 77.5 Å². The second-order valence-corrected chi connectivity index (χ2v) is 4.84. The number of carboxylic acids is 1. The Labute approximate surface area is 112 Å². The van der Waals surface area contributed by atoms with Crippen molar-refractivity contribution < 1.29 is 24.5 Å². The number of aliphatic hydroxyl groups is 1. The number of carboxylic acid groups (broad SMARTS) is 1. The van der Waals surface area contributed by atoms with E-state index >= 15 is 0 Å². The van der Waals surface area contributed by atoms with Crippen LogP contribution < -0.4 is 0 Å². The van der Waals surface area contributed by atoms with E-state index < -0.39 is 5.97 Å². The normalized spacial score (nSPS) is 23.2. The van der Waals surface area contributed by atoms with Gasteiger partial charge in [-0.25, -0.2) is 4.79 Å². The first-order valence-corrected chi connectivity index (χ1v) is 6.41. The molecule has 0 spiro atoms. The molecular weight excluding hydrogens is 252 g/mol. The fourth-order valence-electron chi connectivity index (χ4n) is 1.98. The van der Waals surface area contributed by atoms with E-state index in [9.17, 15) is 9.59 Å². The van der Waals surface area contributed by atoms with Gasteiger partial charge in [0.2, 0.25) is 0 Å². The average molecular weight is 274 g/mol. The number of carbonyl (C=O) groups is 2. The summed E-state index contributed by atoms with van der Waals surface area (Å²) in [5.74, 6) is -0.860. The van der Waals surface area contributed by atoms with Crippen LogP contribution in [0.5, 0.6) is 0 Å². The van der Waals surface area contributed by atoms with Crippen LogP contribution >= 0.6 is 0 Å². The fourth-order valence-corrected chi connectivity index (χ4v) is 1.98. The monoisotopic (exact) mass is 274 g/mol. The lowest BCUT2D eigenvalue weighted by Crippen LogP contribution is -2.55. The molecule has 0 aromatic rings. The Morgan fingerprint density at radius 1 is 1.47 bits per heavy atom. The van der Waals surface area contributed by atoms with Crippen molar-refractivity contribution in [2.45, 2.75) is 31.9 Å². The van der Waals surface area contributed by atoms with Crippen LogP contribution in [0.25, 0.3) is 0 Å². The predicted octanol–water partition coefficient (Wildman–Crippen LogP) is -0.0154. The highest BCUT2D eigenvalue weighted by Gasteiger charge is 2.30. The van der Waals surface area contributed by atoms with E-state index in [1.54, 1.807) is 11.9 Å². The molecule has 7 heteroatoms. The minimum Gasteiger partial charge on any atom is -0.481 e. The zero-order valence-corrected chi connectivity index (χ0v) is 11.4. The molecule has 0 aliphatic carbocycles. The van der Waals surface area contributed by atoms with Crippen LogP contribution in [0.2, 0.25) is 0 Å². The van der Waals surface area contributed by atoms with Gasteiger partial charge in [0.05, 0.1) is 31.9 Å². The number of hydrogen-bond acceptors (Lipinski definition) is 4. The summed E-state index contributed by atoms with van der Waals surface area (Å²) in [5, 5.41) is 17.6. The standard InChI is InChI=1S/C12H22N2O5/c1-9-8-19-10(7-15)6-14(9)12(18)13(2)5-3-4-11(16)17/h9-10,15H,3-8H2,1-2H3,(H,16,17). The van der Waals surface area contributed by atoms with Gasteiger partial charge in [-0.2, -0.15) is 0 Å². The number of urea groups is 1. The zero-order valence-electron chi connectivity index (χ0n) is 11.4. The van der Waals surface area contributed by atoms with Gasteiger partial charge in [0.1, 0.15) is 0 Å². The fraction of sp³-hybridized carbons (Fsp3) is 0.833. The summed E-state index contributed by atoms with van der Waals surface area (Å²) in [6, 6.07) is -0.197. The van der Waals surface area contributed by atoms with Gasteiger partial charge in [-0.1, -0.05) is 0 Å². The molecule has 110 valence electrons. The molecule has 2 atom stereocenters. The Bertz CT molecular complexity index is 323. The Morgan fingerprint density at radius 3 is 2.74 bits per heavy atom. The molecule has 0 aromatic heterocycles. The molecule has 1 heterocycles. The summed E-state index contributed by atoms with van der Waals surface area (Å²) in [7, 11) is 1.65. The summed E-state index contributed by atoms with van der Waals surface area (Å²) in [4.78, 5) is 25.8. The van der Waals surface area contributed by atoms with Crippen LogP contribution in [0.1, 0.15) is 19.8 Å². The molecule has 1 aliphatic heterocycles. The van der Waals surface area contributed by atoms with Gasteiger partial charge < -0.3 is 24.7 Å². The maximum Gasteiger partial charge on any atom is 0.320 e. The largest absolute Gasteiger partial charge is 0.481 e. The molecule has 1 rings (SSSR count). The highest BCUT2D eigenvalue weighted by atomic mass is 16.5. The third-order valence-electron chi connectivity index (χ3n) is 3.17. The van der Waals surface area contributed by atoms with Gasteiger partial charge >= 0.3 is 12.0 Å². The number of carbonyl (C=O) groups excluding carboxylic acids is 1. The van der Waals surface area contributed by atoms with Crippen LogP contribution in [0.4, 0.5) is 4.79 Å². The summed E-state index contributed by atoms with van der Waals surface area (Å²) in [5.41, 5.74) is 0. The minimum absolute atomic E-state index is 0.0442. The van der Waals surface area contributed by atoms with Crippen LogP contribution in [-0.2, 0) is 9.53 Å². The van der Waals surface area contributed by atoms with Gasteiger partial charge in [0.15, 0.2) is 0 Å². The molecule has 0 bridgehead atoms. The SMILES string of the molecule is CC1COC(CO)CN1C(=O)N(C)CCCC(=O)O. The highest BCUT2D eigenvalue weighted by molar-refractivity contribution is 5.74. The van der Waals surface area contributed by atoms with Crippen molar-refractivity contribution in [1.82, 2.24) is 9.80 Å².